The van der Waals surface area contributed by atoms with E-state index in [1.165, 1.54) is 5.56 Å². The Labute approximate surface area is 186 Å². The first-order chi connectivity index (χ1) is 14.5. The van der Waals surface area contributed by atoms with Crippen LogP contribution in [-0.4, -0.2) is 18.6 Å². The first kappa shape index (κ1) is 21.9. The summed E-state index contributed by atoms with van der Waals surface area (Å²) in [5, 5.41) is 2.92. The average molecular weight is 468 g/mol. The smallest absolute Gasteiger partial charge is 0.255 e. The molecule has 0 aliphatic rings. The molecule has 0 saturated carbocycles. The number of hydrogen-bond acceptors (Lipinski definition) is 3. The van der Waals surface area contributed by atoms with E-state index in [0.717, 1.165) is 23.1 Å². The van der Waals surface area contributed by atoms with Gasteiger partial charge in [0, 0.05) is 17.3 Å². The number of ether oxygens (including phenoxy) is 2. The summed E-state index contributed by atoms with van der Waals surface area (Å²) in [6.45, 7) is 4.55. The molecule has 3 aromatic carbocycles. The van der Waals surface area contributed by atoms with E-state index in [-0.39, 0.29) is 12.0 Å². The third kappa shape index (κ3) is 6.63. The molecule has 0 saturated heterocycles. The summed E-state index contributed by atoms with van der Waals surface area (Å²) in [6, 6.07) is 23.1. The minimum absolute atomic E-state index is 0.0661. The molecule has 1 amide bonds. The minimum Gasteiger partial charge on any atom is -0.494 e. The fourth-order valence-electron chi connectivity index (χ4n) is 2.97. The highest BCUT2D eigenvalue weighted by molar-refractivity contribution is 9.10. The number of hydrogen-bond donors (Lipinski definition) is 1. The quantitative estimate of drug-likeness (QED) is 0.365. The number of nitrogens with one attached hydrogen (secondary N) is 1. The number of amides is 1. The van der Waals surface area contributed by atoms with Crippen LogP contribution >= 0.6 is 15.9 Å². The molecule has 3 aromatic rings. The monoisotopic (exact) mass is 467 g/mol. The van der Waals surface area contributed by atoms with Crippen molar-refractivity contribution < 1.29 is 14.3 Å². The molecule has 0 unspecified atom stereocenters. The molecule has 156 valence electrons. The zero-order valence-corrected chi connectivity index (χ0v) is 18.8. The third-order valence-corrected chi connectivity index (χ3v) is 4.99. The highest BCUT2D eigenvalue weighted by Crippen LogP contribution is 2.27. The van der Waals surface area contributed by atoms with Gasteiger partial charge < -0.3 is 14.8 Å². The average Bonchev–Trinajstić information content (AvgIpc) is 2.73. The standard InChI is InChI=1S/C25H26BrNO3/c1-18(2)30-24-14-13-20(16-23(24)26)25(28)27-21-11-6-12-22(17-21)29-15-7-10-19-8-4-3-5-9-19/h3-6,8-9,11-14,16-18H,7,10,15H2,1-2H3,(H,27,28). The van der Waals surface area contributed by atoms with Crippen molar-refractivity contribution in [3.05, 3.63) is 88.4 Å². The van der Waals surface area contributed by atoms with Gasteiger partial charge in [0.25, 0.3) is 5.91 Å². The van der Waals surface area contributed by atoms with E-state index in [2.05, 4.69) is 33.4 Å². The van der Waals surface area contributed by atoms with Crippen molar-refractivity contribution in [3.63, 3.8) is 0 Å². The zero-order valence-electron chi connectivity index (χ0n) is 17.2. The molecule has 30 heavy (non-hydrogen) atoms. The second-order valence-corrected chi connectivity index (χ2v) is 8.09. The molecular weight excluding hydrogens is 442 g/mol. The van der Waals surface area contributed by atoms with Crippen LogP contribution < -0.4 is 14.8 Å². The lowest BCUT2D eigenvalue weighted by Crippen LogP contribution is -2.12. The van der Waals surface area contributed by atoms with E-state index in [4.69, 9.17) is 9.47 Å². The lowest BCUT2D eigenvalue weighted by Gasteiger charge is -2.13. The van der Waals surface area contributed by atoms with Crippen molar-refractivity contribution >= 4 is 27.5 Å². The molecule has 0 heterocycles. The maximum atomic E-state index is 12.6. The molecule has 0 spiro atoms. The fraction of sp³-hybridized carbons (Fsp3) is 0.240. The summed E-state index contributed by atoms with van der Waals surface area (Å²) < 4.78 is 12.3. The van der Waals surface area contributed by atoms with E-state index in [1.54, 1.807) is 18.2 Å². The Morgan fingerprint density at radius 2 is 1.80 bits per heavy atom. The van der Waals surface area contributed by atoms with Crippen LogP contribution in [0.3, 0.4) is 0 Å². The van der Waals surface area contributed by atoms with Gasteiger partial charge in [-0.05, 0) is 78.5 Å². The molecule has 5 heteroatoms. The van der Waals surface area contributed by atoms with Crippen molar-refractivity contribution in [1.29, 1.82) is 0 Å². The third-order valence-electron chi connectivity index (χ3n) is 4.37. The molecule has 0 radical (unpaired) electrons. The van der Waals surface area contributed by atoms with Crippen LogP contribution in [0.5, 0.6) is 11.5 Å². The Hall–Kier alpha value is -2.79. The molecule has 0 atom stereocenters. The molecule has 0 bridgehead atoms. The van der Waals surface area contributed by atoms with Gasteiger partial charge in [-0.15, -0.1) is 0 Å². The highest BCUT2D eigenvalue weighted by atomic mass is 79.9. The maximum absolute atomic E-state index is 12.6. The van der Waals surface area contributed by atoms with E-state index in [9.17, 15) is 4.79 Å². The first-order valence-electron chi connectivity index (χ1n) is 10.1. The van der Waals surface area contributed by atoms with Gasteiger partial charge in [-0.2, -0.15) is 0 Å². The Balaban J connectivity index is 1.54. The maximum Gasteiger partial charge on any atom is 0.255 e. The number of carbonyl (C=O) groups is 1. The largest absolute Gasteiger partial charge is 0.494 e. The van der Waals surface area contributed by atoms with Crippen LogP contribution in [0.1, 0.15) is 36.2 Å². The normalized spacial score (nSPS) is 10.7. The molecular formula is C25H26BrNO3. The summed E-state index contributed by atoms with van der Waals surface area (Å²) in [5.74, 6) is 1.27. The molecule has 3 rings (SSSR count). The predicted molar refractivity (Wildman–Crippen MR) is 125 cm³/mol. The van der Waals surface area contributed by atoms with Crippen molar-refractivity contribution in [3.8, 4) is 11.5 Å². The van der Waals surface area contributed by atoms with Crippen molar-refractivity contribution in [1.82, 2.24) is 0 Å². The SMILES string of the molecule is CC(C)Oc1ccc(C(=O)Nc2cccc(OCCCc3ccccc3)c2)cc1Br. The molecule has 4 nitrogen and oxygen atoms in total. The molecule has 0 aliphatic carbocycles. The van der Waals surface area contributed by atoms with Gasteiger partial charge in [-0.25, -0.2) is 0 Å². The van der Waals surface area contributed by atoms with E-state index < -0.39 is 0 Å². The number of benzene rings is 3. The van der Waals surface area contributed by atoms with Crippen LogP contribution in [0.2, 0.25) is 0 Å². The van der Waals surface area contributed by atoms with E-state index >= 15 is 0 Å². The van der Waals surface area contributed by atoms with Crippen LogP contribution in [-0.2, 0) is 6.42 Å². The Bertz CT molecular complexity index is 973. The lowest BCUT2D eigenvalue weighted by atomic mass is 10.1. The summed E-state index contributed by atoms with van der Waals surface area (Å²) in [7, 11) is 0. The van der Waals surface area contributed by atoms with Gasteiger partial charge in [-0.3, -0.25) is 4.79 Å². The zero-order chi connectivity index (χ0) is 21.3. The Morgan fingerprint density at radius 1 is 1.00 bits per heavy atom. The molecule has 0 aliphatic heterocycles. The van der Waals surface area contributed by atoms with Crippen LogP contribution in [0.25, 0.3) is 0 Å². The topological polar surface area (TPSA) is 47.6 Å². The van der Waals surface area contributed by atoms with Gasteiger partial charge in [0.15, 0.2) is 0 Å². The fourth-order valence-corrected chi connectivity index (χ4v) is 3.44. The van der Waals surface area contributed by atoms with Crippen LogP contribution in [0, 0.1) is 0 Å². The van der Waals surface area contributed by atoms with Gasteiger partial charge in [0.05, 0.1) is 17.2 Å². The second-order valence-electron chi connectivity index (χ2n) is 7.23. The predicted octanol–water partition coefficient (Wildman–Crippen LogP) is 6.50. The van der Waals surface area contributed by atoms with Crippen LogP contribution in [0.15, 0.2) is 77.3 Å². The molecule has 0 aromatic heterocycles. The van der Waals surface area contributed by atoms with Crippen molar-refractivity contribution in [2.75, 3.05) is 11.9 Å². The summed E-state index contributed by atoms with van der Waals surface area (Å²) >= 11 is 3.47. The number of anilines is 1. The second kappa shape index (κ2) is 10.8. The van der Waals surface area contributed by atoms with Crippen molar-refractivity contribution in [2.45, 2.75) is 32.8 Å². The minimum atomic E-state index is -0.187. The van der Waals surface area contributed by atoms with Gasteiger partial charge in [0.1, 0.15) is 11.5 Å². The number of halogens is 1. The Morgan fingerprint density at radius 3 is 2.53 bits per heavy atom. The highest BCUT2D eigenvalue weighted by Gasteiger charge is 2.11. The van der Waals surface area contributed by atoms with Gasteiger partial charge in [-0.1, -0.05) is 36.4 Å². The van der Waals surface area contributed by atoms with Gasteiger partial charge in [0.2, 0.25) is 0 Å². The Kier molecular flexibility index (Phi) is 7.91. The number of carbonyl (C=O) groups excluding carboxylic acids is 1. The summed E-state index contributed by atoms with van der Waals surface area (Å²) in [5.41, 5.74) is 2.55. The number of aryl methyl sites for hydroxylation is 1. The van der Waals surface area contributed by atoms with Crippen LogP contribution in [0.4, 0.5) is 5.69 Å². The summed E-state index contributed by atoms with van der Waals surface area (Å²) in [4.78, 5) is 12.6. The summed E-state index contributed by atoms with van der Waals surface area (Å²) in [6.07, 6.45) is 1.97. The van der Waals surface area contributed by atoms with E-state index in [1.807, 2.05) is 56.3 Å². The lowest BCUT2D eigenvalue weighted by molar-refractivity contribution is 0.102. The molecule has 1 N–H and O–H groups in total. The van der Waals surface area contributed by atoms with E-state index in [0.29, 0.717) is 23.6 Å². The van der Waals surface area contributed by atoms with Gasteiger partial charge >= 0.3 is 0 Å². The first-order valence-corrected chi connectivity index (χ1v) is 10.8. The number of rotatable bonds is 9. The van der Waals surface area contributed by atoms with Crippen molar-refractivity contribution in [2.24, 2.45) is 0 Å². The molecule has 0 fully saturated rings.